The predicted molar refractivity (Wildman–Crippen MR) is 5.75 cm³/mol. The van der Waals surface area contributed by atoms with Gasteiger partial charge in [0.25, 0.3) is 0 Å². The predicted octanol–water partition coefficient (Wildman–Crippen LogP) is -0.398. The fourth-order valence-electron chi connectivity index (χ4n) is 0. The molecule has 0 spiro atoms. The van der Waals surface area contributed by atoms with E-state index in [1.54, 1.807) is 0 Å². The molecular formula is Au7In. The van der Waals surface area contributed by atoms with Gasteiger partial charge in [-0.05, 0) is 0 Å². The largest absolute Gasteiger partial charge is 0 e. The van der Waals surface area contributed by atoms with Crippen molar-refractivity contribution >= 4 is 25.8 Å². The second-order valence-electron chi connectivity index (χ2n) is 0. The maximum absolute atomic E-state index is 0. The zero-order valence-corrected chi connectivity index (χ0v) is 21.1. The second-order valence-corrected chi connectivity index (χ2v) is 0. The minimum absolute atomic E-state index is 0. The van der Waals surface area contributed by atoms with E-state index in [-0.39, 0.29) is 183 Å². The van der Waals surface area contributed by atoms with Crippen LogP contribution in [0.1, 0.15) is 0 Å². The molecule has 0 aromatic carbocycles. The van der Waals surface area contributed by atoms with Crippen LogP contribution >= 0.6 is 0 Å². The molecule has 0 N–H and O–H groups in total. The molecule has 80 valence electrons. The van der Waals surface area contributed by atoms with Gasteiger partial charge in [0.05, 0.1) is 0 Å². The van der Waals surface area contributed by atoms with Gasteiger partial charge in [-0.1, -0.05) is 0 Å². The average Bonchev–Trinajstić information content (AvgIpc) is 0. The van der Waals surface area contributed by atoms with Gasteiger partial charge in [0.1, 0.15) is 0 Å². The van der Waals surface area contributed by atoms with E-state index >= 15 is 0 Å². The molecule has 0 bridgehead atoms. The Balaban J connectivity index is 0. The number of rotatable bonds is 0. The Morgan fingerprint density at radius 3 is 0.250 bits per heavy atom. The van der Waals surface area contributed by atoms with Gasteiger partial charge >= 0.3 is 0 Å². The topological polar surface area (TPSA) is 0 Å². The molecular weight excluding hydrogens is 1490 g/mol. The molecule has 0 aromatic rings. The van der Waals surface area contributed by atoms with Crippen LogP contribution in [0.15, 0.2) is 0 Å². The van der Waals surface area contributed by atoms with E-state index in [0.29, 0.717) is 0 Å². The van der Waals surface area contributed by atoms with Gasteiger partial charge in [0.2, 0.25) is 0 Å². The van der Waals surface area contributed by atoms with E-state index in [4.69, 9.17) is 0 Å². The van der Waals surface area contributed by atoms with Crippen molar-refractivity contribution < 1.29 is 157 Å². The third kappa shape index (κ3) is 40.2. The van der Waals surface area contributed by atoms with Crippen LogP contribution in [0.4, 0.5) is 0 Å². The van der Waals surface area contributed by atoms with Crippen molar-refractivity contribution in [1.82, 2.24) is 0 Å². The second kappa shape index (κ2) is 51.8. The van der Waals surface area contributed by atoms with Crippen LogP contribution in [0.5, 0.6) is 0 Å². The Hall–Kier alpha value is 6.05. The van der Waals surface area contributed by atoms with Gasteiger partial charge in [-0.15, -0.1) is 0 Å². The Bertz CT molecular complexity index is 4.35. The van der Waals surface area contributed by atoms with Gasteiger partial charge in [0.15, 0.2) is 0 Å². The summed E-state index contributed by atoms with van der Waals surface area (Å²) in [5.41, 5.74) is 0. The van der Waals surface area contributed by atoms with Gasteiger partial charge < -0.3 is 0 Å². The first-order valence-electron chi connectivity index (χ1n) is 0. The third-order valence-corrected chi connectivity index (χ3v) is 0. The Kier molecular flexibility index (Phi) is 423. The van der Waals surface area contributed by atoms with Crippen LogP contribution < -0.4 is 0 Å². The van der Waals surface area contributed by atoms with Crippen molar-refractivity contribution in [1.29, 1.82) is 0 Å². The van der Waals surface area contributed by atoms with E-state index in [0.717, 1.165) is 0 Å². The molecule has 0 saturated heterocycles. The average molecular weight is 1490 g/mol. The molecule has 0 aliphatic rings. The van der Waals surface area contributed by atoms with Crippen molar-refractivity contribution in [3.63, 3.8) is 0 Å². The van der Waals surface area contributed by atoms with Crippen LogP contribution in [0.25, 0.3) is 0 Å². The summed E-state index contributed by atoms with van der Waals surface area (Å²) < 4.78 is 0. The summed E-state index contributed by atoms with van der Waals surface area (Å²) in [5.74, 6) is 0. The monoisotopic (exact) mass is 1490 g/mol. The molecule has 10 radical (unpaired) electrons. The van der Waals surface area contributed by atoms with Crippen LogP contribution in [0.3, 0.4) is 0 Å². The van der Waals surface area contributed by atoms with E-state index < -0.39 is 0 Å². The van der Waals surface area contributed by atoms with Crippen LogP contribution in [-0.4, -0.2) is 25.8 Å². The summed E-state index contributed by atoms with van der Waals surface area (Å²) in [4.78, 5) is 0. The van der Waals surface area contributed by atoms with Crippen molar-refractivity contribution in [3.8, 4) is 0 Å². The first-order chi connectivity index (χ1) is 0. The summed E-state index contributed by atoms with van der Waals surface area (Å²) in [6.45, 7) is 0. The van der Waals surface area contributed by atoms with Crippen LogP contribution in [0.2, 0.25) is 0 Å². The summed E-state index contributed by atoms with van der Waals surface area (Å²) in [6.07, 6.45) is 0. The number of hydrogen-bond donors (Lipinski definition) is 0. The van der Waals surface area contributed by atoms with Crippen LogP contribution in [-0.2, 0) is 157 Å². The zero-order valence-electron chi connectivity index (χ0n) is 2.69. The molecule has 0 heterocycles. The van der Waals surface area contributed by atoms with E-state index in [9.17, 15) is 0 Å². The quantitative estimate of drug-likeness (QED) is 0.291. The molecule has 0 atom stereocenters. The fraction of sp³-hybridized carbons (Fsp3) is 0. The molecule has 0 fully saturated rings. The van der Waals surface area contributed by atoms with Gasteiger partial charge in [-0.2, -0.15) is 0 Å². The molecule has 0 nitrogen and oxygen atoms in total. The molecule has 0 unspecified atom stereocenters. The van der Waals surface area contributed by atoms with Crippen molar-refractivity contribution in [3.05, 3.63) is 0 Å². The normalized spacial score (nSPS) is 0. The number of hydrogen-bond acceptors (Lipinski definition) is 0. The summed E-state index contributed by atoms with van der Waals surface area (Å²) in [6, 6.07) is 0. The zero-order chi connectivity index (χ0) is 0. The SMILES string of the molecule is [Au].[Au].[Au].[Au].[Au].[Au].[Au].[In]. The first kappa shape index (κ1) is 65.4. The van der Waals surface area contributed by atoms with E-state index in [1.165, 1.54) is 0 Å². The van der Waals surface area contributed by atoms with E-state index in [2.05, 4.69) is 0 Å². The molecule has 0 amide bonds. The Labute approximate surface area is 178 Å². The van der Waals surface area contributed by atoms with Crippen molar-refractivity contribution in [2.75, 3.05) is 0 Å². The van der Waals surface area contributed by atoms with Crippen LogP contribution in [0, 0.1) is 0 Å². The Morgan fingerprint density at radius 2 is 0.250 bits per heavy atom. The van der Waals surface area contributed by atoms with Gasteiger partial charge in [-0.3, -0.25) is 0 Å². The summed E-state index contributed by atoms with van der Waals surface area (Å²) in [7, 11) is 0. The molecule has 0 saturated carbocycles. The minimum atomic E-state index is 0. The molecule has 8 heavy (non-hydrogen) atoms. The van der Waals surface area contributed by atoms with Crippen molar-refractivity contribution in [2.24, 2.45) is 0 Å². The fourth-order valence-corrected chi connectivity index (χ4v) is 0. The maximum atomic E-state index is 0. The molecule has 8 heteroatoms. The third-order valence-electron chi connectivity index (χ3n) is 0. The standard InChI is InChI=1S/7Au.In. The first-order valence-corrected chi connectivity index (χ1v) is 0. The summed E-state index contributed by atoms with van der Waals surface area (Å²) >= 11 is 0. The molecule has 0 aliphatic heterocycles. The minimum Gasteiger partial charge on any atom is 0 e. The maximum Gasteiger partial charge on any atom is 0 e. The summed E-state index contributed by atoms with van der Waals surface area (Å²) in [5, 5.41) is 0. The molecule has 0 aliphatic carbocycles. The molecule has 0 aromatic heterocycles. The Morgan fingerprint density at radius 1 is 0.250 bits per heavy atom. The van der Waals surface area contributed by atoms with E-state index in [1.807, 2.05) is 0 Å². The van der Waals surface area contributed by atoms with Gasteiger partial charge in [0, 0.05) is 183 Å². The smallest absolute Gasteiger partial charge is 0 e. The van der Waals surface area contributed by atoms with Crippen molar-refractivity contribution in [2.45, 2.75) is 0 Å². The van der Waals surface area contributed by atoms with Gasteiger partial charge in [-0.25, -0.2) is 0 Å². The molecule has 0 rings (SSSR count).